The lowest BCUT2D eigenvalue weighted by atomic mass is 10.1. The summed E-state index contributed by atoms with van der Waals surface area (Å²) in [6.07, 6.45) is 1.41. The molecule has 0 bridgehead atoms. The van der Waals surface area contributed by atoms with Gasteiger partial charge in [-0.25, -0.2) is 9.59 Å². The number of carbonyl (C=O) groups excluding carboxylic acids is 3. The maximum atomic E-state index is 12.1. The fraction of sp³-hybridized carbons (Fsp3) is 0.267. The molecule has 0 atom stereocenters. The van der Waals surface area contributed by atoms with Gasteiger partial charge < -0.3 is 20.5 Å². The number of nitrogens with zero attached hydrogens (tertiary/aromatic N) is 1. The van der Waals surface area contributed by atoms with E-state index in [2.05, 4.69) is 17.2 Å². The number of rotatable bonds is 9. The number of amides is 3. The van der Waals surface area contributed by atoms with Crippen molar-refractivity contribution in [2.75, 3.05) is 31.6 Å². The van der Waals surface area contributed by atoms with E-state index in [0.717, 1.165) is 6.07 Å². The first-order valence-corrected chi connectivity index (χ1v) is 7.38. The Labute approximate surface area is 148 Å². The van der Waals surface area contributed by atoms with Crippen LogP contribution in [0.15, 0.2) is 30.9 Å². The van der Waals surface area contributed by atoms with E-state index < -0.39 is 29.4 Å². The molecule has 140 valence electrons. The number of esters is 1. The molecule has 1 aromatic carbocycles. The number of aliphatic hydroxyl groups excluding tert-OH is 1. The molecule has 0 aliphatic heterocycles. The third-order valence-corrected chi connectivity index (χ3v) is 2.86. The minimum atomic E-state index is -1.00. The molecule has 0 saturated heterocycles. The Balaban J connectivity index is 2.76. The molecule has 1 aromatic rings. The number of nitro groups is 1. The van der Waals surface area contributed by atoms with Crippen molar-refractivity contribution in [1.29, 1.82) is 0 Å². The highest BCUT2D eigenvalue weighted by atomic mass is 16.6. The molecule has 0 aromatic heterocycles. The summed E-state index contributed by atoms with van der Waals surface area (Å²) in [6, 6.07) is 2.66. The number of non-ortho nitro benzene ring substituents is 1. The highest BCUT2D eigenvalue weighted by Crippen LogP contribution is 2.23. The third kappa shape index (κ3) is 6.57. The number of hydrogen-bond donors (Lipinski definition) is 4. The zero-order valence-corrected chi connectivity index (χ0v) is 13.7. The maximum absolute atomic E-state index is 12.1. The summed E-state index contributed by atoms with van der Waals surface area (Å²) in [7, 11) is 0. The average Bonchev–Trinajstić information content (AvgIpc) is 2.62. The average molecular weight is 366 g/mol. The molecule has 0 aliphatic carbocycles. The van der Waals surface area contributed by atoms with Crippen molar-refractivity contribution < 1.29 is 29.2 Å². The van der Waals surface area contributed by atoms with E-state index in [0.29, 0.717) is 0 Å². The molecule has 11 nitrogen and oxygen atoms in total. The quantitative estimate of drug-likeness (QED) is 0.208. The van der Waals surface area contributed by atoms with Crippen LogP contribution in [0.5, 0.6) is 0 Å². The van der Waals surface area contributed by atoms with Crippen molar-refractivity contribution in [2.24, 2.45) is 0 Å². The minimum Gasteiger partial charge on any atom is -0.452 e. The van der Waals surface area contributed by atoms with Crippen LogP contribution in [0.4, 0.5) is 16.2 Å². The van der Waals surface area contributed by atoms with Crippen LogP contribution >= 0.6 is 0 Å². The standard InChI is InChI=1S/C15H18N4O7/c1-2-5-17-15(23)18-13(21)9-26-14(22)11-8-10(19(24)25)3-4-12(11)16-6-7-20/h2-4,8,16,20H,1,5-7,9H2,(H2,17,18,21,23). The van der Waals surface area contributed by atoms with E-state index in [1.807, 2.05) is 5.32 Å². The Morgan fingerprint density at radius 3 is 2.69 bits per heavy atom. The van der Waals surface area contributed by atoms with Crippen molar-refractivity contribution in [1.82, 2.24) is 10.6 Å². The molecule has 26 heavy (non-hydrogen) atoms. The van der Waals surface area contributed by atoms with Gasteiger partial charge in [-0.15, -0.1) is 6.58 Å². The Morgan fingerprint density at radius 1 is 1.35 bits per heavy atom. The van der Waals surface area contributed by atoms with Crippen LogP contribution < -0.4 is 16.0 Å². The minimum absolute atomic E-state index is 0.0993. The number of anilines is 1. The first kappa shape index (κ1) is 20.6. The molecule has 0 fully saturated rings. The molecule has 0 saturated carbocycles. The second-order valence-electron chi connectivity index (χ2n) is 4.76. The molecule has 0 spiro atoms. The van der Waals surface area contributed by atoms with E-state index in [4.69, 9.17) is 9.84 Å². The second-order valence-corrected chi connectivity index (χ2v) is 4.76. The number of urea groups is 1. The number of aliphatic hydroxyl groups is 1. The number of nitro benzene ring substituents is 1. The molecule has 3 amide bonds. The molecule has 11 heteroatoms. The van der Waals surface area contributed by atoms with E-state index >= 15 is 0 Å². The number of ether oxygens (including phenoxy) is 1. The van der Waals surface area contributed by atoms with Gasteiger partial charge in [-0.1, -0.05) is 6.08 Å². The summed E-state index contributed by atoms with van der Waals surface area (Å²) in [5.74, 6) is -1.88. The molecule has 1 rings (SSSR count). The third-order valence-electron chi connectivity index (χ3n) is 2.86. The number of carbonyl (C=O) groups is 3. The molecule has 0 unspecified atom stereocenters. The Hall–Kier alpha value is -3.47. The predicted octanol–water partition coefficient (Wildman–Crippen LogP) is 0.168. The van der Waals surface area contributed by atoms with E-state index in [9.17, 15) is 24.5 Å². The van der Waals surface area contributed by atoms with Gasteiger partial charge in [-0.2, -0.15) is 0 Å². The summed E-state index contributed by atoms with van der Waals surface area (Å²) < 4.78 is 4.77. The first-order valence-electron chi connectivity index (χ1n) is 7.38. The highest BCUT2D eigenvalue weighted by Gasteiger charge is 2.19. The van der Waals surface area contributed by atoms with Gasteiger partial charge in [-0.05, 0) is 6.07 Å². The number of imide groups is 1. The van der Waals surface area contributed by atoms with Crippen LogP contribution in [0.1, 0.15) is 10.4 Å². The van der Waals surface area contributed by atoms with Crippen molar-refractivity contribution >= 4 is 29.3 Å². The zero-order chi connectivity index (χ0) is 19.5. The normalized spacial score (nSPS) is 9.73. The van der Waals surface area contributed by atoms with Crippen molar-refractivity contribution in [3.63, 3.8) is 0 Å². The molecular weight excluding hydrogens is 348 g/mol. The number of benzene rings is 1. The maximum Gasteiger partial charge on any atom is 0.341 e. The van der Waals surface area contributed by atoms with Crippen LogP contribution in [0.3, 0.4) is 0 Å². The summed E-state index contributed by atoms with van der Waals surface area (Å²) >= 11 is 0. The summed E-state index contributed by atoms with van der Waals surface area (Å²) in [5.41, 5.74) is -0.338. The first-order chi connectivity index (χ1) is 12.4. The molecular formula is C15H18N4O7. The highest BCUT2D eigenvalue weighted by molar-refractivity contribution is 5.99. The van der Waals surface area contributed by atoms with E-state index in [1.165, 1.54) is 18.2 Å². The van der Waals surface area contributed by atoms with Gasteiger partial charge in [0.2, 0.25) is 0 Å². The van der Waals surface area contributed by atoms with Crippen LogP contribution in [-0.4, -0.2) is 54.2 Å². The monoisotopic (exact) mass is 366 g/mol. The molecule has 0 heterocycles. The van der Waals surface area contributed by atoms with Crippen LogP contribution in [0, 0.1) is 10.1 Å². The molecule has 0 aliphatic rings. The van der Waals surface area contributed by atoms with Gasteiger partial charge >= 0.3 is 12.0 Å². The van der Waals surface area contributed by atoms with E-state index in [-0.39, 0.29) is 36.6 Å². The van der Waals surface area contributed by atoms with Crippen LogP contribution in [0.2, 0.25) is 0 Å². The topological polar surface area (TPSA) is 160 Å². The second kappa shape index (κ2) is 10.4. The molecule has 0 radical (unpaired) electrons. The smallest absolute Gasteiger partial charge is 0.341 e. The lowest BCUT2D eigenvalue weighted by molar-refractivity contribution is -0.384. The van der Waals surface area contributed by atoms with Gasteiger partial charge in [0.1, 0.15) is 0 Å². The summed E-state index contributed by atoms with van der Waals surface area (Å²) in [6.45, 7) is 2.64. The number of hydrogen-bond acceptors (Lipinski definition) is 8. The van der Waals surface area contributed by atoms with Crippen molar-refractivity contribution in [3.05, 3.63) is 46.5 Å². The van der Waals surface area contributed by atoms with Gasteiger partial charge in [-0.3, -0.25) is 20.2 Å². The Kier molecular flexibility index (Phi) is 8.23. The largest absolute Gasteiger partial charge is 0.452 e. The fourth-order valence-corrected chi connectivity index (χ4v) is 1.74. The van der Waals surface area contributed by atoms with Gasteiger partial charge in [0.15, 0.2) is 6.61 Å². The van der Waals surface area contributed by atoms with Gasteiger partial charge in [0.05, 0.1) is 17.1 Å². The van der Waals surface area contributed by atoms with Crippen LogP contribution in [-0.2, 0) is 9.53 Å². The molecule has 4 N–H and O–H groups in total. The van der Waals surface area contributed by atoms with Crippen molar-refractivity contribution in [2.45, 2.75) is 0 Å². The zero-order valence-electron chi connectivity index (χ0n) is 13.7. The van der Waals surface area contributed by atoms with Crippen LogP contribution in [0.25, 0.3) is 0 Å². The summed E-state index contributed by atoms with van der Waals surface area (Å²) in [5, 5.41) is 26.6. The predicted molar refractivity (Wildman–Crippen MR) is 90.7 cm³/mol. The van der Waals surface area contributed by atoms with Gasteiger partial charge in [0, 0.05) is 30.9 Å². The number of nitrogens with one attached hydrogen (secondary N) is 3. The fourth-order valence-electron chi connectivity index (χ4n) is 1.74. The Bertz CT molecular complexity index is 705. The van der Waals surface area contributed by atoms with Gasteiger partial charge in [0.25, 0.3) is 11.6 Å². The van der Waals surface area contributed by atoms with E-state index in [1.54, 1.807) is 0 Å². The Morgan fingerprint density at radius 2 is 2.08 bits per heavy atom. The SMILES string of the molecule is C=CCNC(=O)NC(=O)COC(=O)c1cc([N+](=O)[O-])ccc1NCCO. The summed E-state index contributed by atoms with van der Waals surface area (Å²) in [4.78, 5) is 45.1. The lowest BCUT2D eigenvalue weighted by Crippen LogP contribution is -2.41. The lowest BCUT2D eigenvalue weighted by Gasteiger charge is -2.11. The van der Waals surface area contributed by atoms with Crippen molar-refractivity contribution in [3.8, 4) is 0 Å².